The first kappa shape index (κ1) is 13.0. The van der Waals surface area contributed by atoms with Crippen LogP contribution in [0.15, 0.2) is 11.2 Å². The Morgan fingerprint density at radius 1 is 1.47 bits per heavy atom. The SMILES string of the molecule is CCC1(CNc2cc(Cl)nc(SC)n2)CCC1. The van der Waals surface area contributed by atoms with Crippen molar-refractivity contribution in [2.45, 2.75) is 37.8 Å². The van der Waals surface area contributed by atoms with Crippen LogP contribution in [0.3, 0.4) is 0 Å². The maximum Gasteiger partial charge on any atom is 0.190 e. The van der Waals surface area contributed by atoms with Gasteiger partial charge in [0.25, 0.3) is 0 Å². The number of nitrogens with zero attached hydrogens (tertiary/aromatic N) is 2. The zero-order chi connectivity index (χ0) is 12.3. The molecule has 1 aliphatic carbocycles. The van der Waals surface area contributed by atoms with Crippen molar-refractivity contribution in [3.8, 4) is 0 Å². The molecular formula is C12H18ClN3S. The minimum atomic E-state index is 0.483. The summed E-state index contributed by atoms with van der Waals surface area (Å²) in [5.41, 5.74) is 0.483. The molecule has 1 aromatic heterocycles. The molecule has 94 valence electrons. The van der Waals surface area contributed by atoms with Gasteiger partial charge >= 0.3 is 0 Å². The van der Waals surface area contributed by atoms with Crippen LogP contribution in [0.2, 0.25) is 5.15 Å². The minimum Gasteiger partial charge on any atom is -0.369 e. The molecule has 3 nitrogen and oxygen atoms in total. The molecule has 5 heteroatoms. The van der Waals surface area contributed by atoms with Crippen LogP contribution in [0, 0.1) is 5.41 Å². The molecule has 0 aliphatic heterocycles. The Labute approximate surface area is 112 Å². The Kier molecular flexibility index (Phi) is 4.15. The quantitative estimate of drug-likeness (QED) is 0.502. The summed E-state index contributed by atoms with van der Waals surface area (Å²) in [5, 5.41) is 4.63. The molecule has 0 amide bonds. The average molecular weight is 272 g/mol. The van der Waals surface area contributed by atoms with Gasteiger partial charge in [0.05, 0.1) is 0 Å². The fourth-order valence-corrected chi connectivity index (χ4v) is 2.80. The van der Waals surface area contributed by atoms with Crippen LogP contribution in [-0.2, 0) is 0 Å². The van der Waals surface area contributed by atoms with Gasteiger partial charge in [-0.15, -0.1) is 0 Å². The topological polar surface area (TPSA) is 37.8 Å². The third-order valence-corrected chi connectivity index (χ3v) is 4.41. The van der Waals surface area contributed by atoms with Gasteiger partial charge in [0, 0.05) is 12.6 Å². The summed E-state index contributed by atoms with van der Waals surface area (Å²) in [6.07, 6.45) is 7.19. The van der Waals surface area contributed by atoms with E-state index < -0.39 is 0 Å². The van der Waals surface area contributed by atoms with Crippen molar-refractivity contribution in [1.29, 1.82) is 0 Å². The largest absolute Gasteiger partial charge is 0.369 e. The molecule has 1 aliphatic rings. The van der Waals surface area contributed by atoms with Gasteiger partial charge in [-0.05, 0) is 30.9 Å². The van der Waals surface area contributed by atoms with Crippen molar-refractivity contribution in [3.05, 3.63) is 11.2 Å². The molecule has 0 spiro atoms. The van der Waals surface area contributed by atoms with Gasteiger partial charge in [-0.3, -0.25) is 0 Å². The van der Waals surface area contributed by atoms with Gasteiger partial charge < -0.3 is 5.32 Å². The highest BCUT2D eigenvalue weighted by Crippen LogP contribution is 2.43. The normalized spacial score (nSPS) is 17.6. The average Bonchev–Trinajstić information content (AvgIpc) is 2.27. The third-order valence-electron chi connectivity index (χ3n) is 3.67. The fraction of sp³-hybridized carbons (Fsp3) is 0.667. The minimum absolute atomic E-state index is 0.483. The molecule has 0 saturated heterocycles. The number of anilines is 1. The van der Waals surface area contributed by atoms with Gasteiger partial charge in [0.2, 0.25) is 0 Å². The van der Waals surface area contributed by atoms with Gasteiger partial charge in [-0.25, -0.2) is 9.97 Å². The van der Waals surface area contributed by atoms with Crippen molar-refractivity contribution in [3.63, 3.8) is 0 Å². The van der Waals surface area contributed by atoms with Crippen molar-refractivity contribution in [2.75, 3.05) is 18.1 Å². The molecular weight excluding hydrogens is 254 g/mol. The van der Waals surface area contributed by atoms with Crippen LogP contribution in [0.4, 0.5) is 5.82 Å². The van der Waals surface area contributed by atoms with E-state index in [4.69, 9.17) is 11.6 Å². The number of thioether (sulfide) groups is 1. The molecule has 1 saturated carbocycles. The number of nitrogens with one attached hydrogen (secondary N) is 1. The van der Waals surface area contributed by atoms with Crippen LogP contribution in [-0.4, -0.2) is 22.8 Å². The number of aromatic nitrogens is 2. The van der Waals surface area contributed by atoms with Crippen LogP contribution in [0.25, 0.3) is 0 Å². The molecule has 1 aromatic rings. The molecule has 17 heavy (non-hydrogen) atoms. The summed E-state index contributed by atoms with van der Waals surface area (Å²) < 4.78 is 0. The number of rotatable bonds is 5. The van der Waals surface area contributed by atoms with Crippen molar-refractivity contribution >= 4 is 29.2 Å². The fourth-order valence-electron chi connectivity index (χ4n) is 2.19. The molecule has 0 aromatic carbocycles. The second-order valence-corrected chi connectivity index (χ2v) is 5.78. The van der Waals surface area contributed by atoms with E-state index in [1.54, 1.807) is 6.07 Å². The van der Waals surface area contributed by atoms with Gasteiger partial charge in [-0.2, -0.15) is 0 Å². The maximum atomic E-state index is 5.96. The lowest BCUT2D eigenvalue weighted by molar-refractivity contribution is 0.145. The van der Waals surface area contributed by atoms with E-state index >= 15 is 0 Å². The summed E-state index contributed by atoms with van der Waals surface area (Å²) >= 11 is 7.47. The zero-order valence-electron chi connectivity index (χ0n) is 10.3. The smallest absolute Gasteiger partial charge is 0.190 e. The summed E-state index contributed by atoms with van der Waals surface area (Å²) in [6, 6.07) is 1.79. The summed E-state index contributed by atoms with van der Waals surface area (Å²) in [7, 11) is 0. The van der Waals surface area contributed by atoms with Crippen LogP contribution >= 0.6 is 23.4 Å². The van der Waals surface area contributed by atoms with Gasteiger partial charge in [0.15, 0.2) is 5.16 Å². The molecule has 0 bridgehead atoms. The second-order valence-electron chi connectivity index (χ2n) is 4.62. The summed E-state index contributed by atoms with van der Waals surface area (Å²) in [4.78, 5) is 8.53. The lowest BCUT2D eigenvalue weighted by Gasteiger charge is -2.41. The van der Waals surface area contributed by atoms with Crippen LogP contribution in [0.1, 0.15) is 32.6 Å². The highest BCUT2D eigenvalue weighted by atomic mass is 35.5. The summed E-state index contributed by atoms with van der Waals surface area (Å²) in [5.74, 6) is 0.842. The van der Waals surface area contributed by atoms with E-state index in [2.05, 4.69) is 22.2 Å². The Balaban J connectivity index is 2.01. The van der Waals surface area contributed by atoms with Crippen LogP contribution < -0.4 is 5.32 Å². The second kappa shape index (κ2) is 5.44. The van der Waals surface area contributed by atoms with Crippen molar-refractivity contribution < 1.29 is 0 Å². The van der Waals surface area contributed by atoms with Gasteiger partial charge in [0.1, 0.15) is 11.0 Å². The molecule has 2 rings (SSSR count). The molecule has 1 fully saturated rings. The summed E-state index contributed by atoms with van der Waals surface area (Å²) in [6.45, 7) is 3.26. The first-order chi connectivity index (χ1) is 8.17. The number of hydrogen-bond acceptors (Lipinski definition) is 4. The maximum absolute atomic E-state index is 5.96. The van der Waals surface area contributed by atoms with E-state index in [-0.39, 0.29) is 0 Å². The standard InChI is InChI=1S/C12H18ClN3S/c1-3-12(5-4-6-12)8-14-10-7-9(13)15-11(16-10)17-2/h7H,3-6,8H2,1-2H3,(H,14,15,16). The first-order valence-corrected chi connectivity index (χ1v) is 7.60. The number of hydrogen-bond donors (Lipinski definition) is 1. The van der Waals surface area contributed by atoms with Crippen molar-refractivity contribution in [2.24, 2.45) is 5.41 Å². The van der Waals surface area contributed by atoms with E-state index in [1.165, 1.54) is 37.4 Å². The van der Waals surface area contributed by atoms with E-state index in [1.807, 2.05) is 6.26 Å². The Bertz CT molecular complexity index is 388. The molecule has 0 radical (unpaired) electrons. The highest BCUT2D eigenvalue weighted by molar-refractivity contribution is 7.98. The lowest BCUT2D eigenvalue weighted by atomic mass is 9.67. The van der Waals surface area contributed by atoms with Gasteiger partial charge in [-0.1, -0.05) is 36.7 Å². The molecule has 0 unspecified atom stereocenters. The molecule has 0 atom stereocenters. The third kappa shape index (κ3) is 3.05. The lowest BCUT2D eigenvalue weighted by Crippen LogP contribution is -2.36. The zero-order valence-corrected chi connectivity index (χ0v) is 11.9. The molecule has 1 heterocycles. The monoisotopic (exact) mass is 271 g/mol. The molecule has 1 N–H and O–H groups in total. The van der Waals surface area contributed by atoms with Crippen LogP contribution in [0.5, 0.6) is 0 Å². The first-order valence-electron chi connectivity index (χ1n) is 6.00. The Morgan fingerprint density at radius 3 is 2.76 bits per heavy atom. The Hall–Kier alpha value is -0.480. The highest BCUT2D eigenvalue weighted by Gasteiger charge is 2.34. The predicted molar refractivity (Wildman–Crippen MR) is 73.9 cm³/mol. The van der Waals surface area contributed by atoms with E-state index in [0.717, 1.165) is 17.5 Å². The van der Waals surface area contributed by atoms with E-state index in [0.29, 0.717) is 10.6 Å². The van der Waals surface area contributed by atoms with Crippen molar-refractivity contribution in [1.82, 2.24) is 9.97 Å². The van der Waals surface area contributed by atoms with E-state index in [9.17, 15) is 0 Å². The number of halogens is 1. The Morgan fingerprint density at radius 2 is 2.24 bits per heavy atom. The predicted octanol–water partition coefficient (Wildman–Crippen LogP) is 3.84.